The molecule has 1 aromatic heterocycles. The number of nitrogens with one attached hydrogen (secondary N) is 2. The molecule has 6 nitrogen and oxygen atoms in total. The van der Waals surface area contributed by atoms with E-state index in [1.54, 1.807) is 11.8 Å². The third-order valence-corrected chi connectivity index (χ3v) is 6.57. The zero-order valence-corrected chi connectivity index (χ0v) is 16.1. The van der Waals surface area contributed by atoms with Crippen molar-refractivity contribution >= 4 is 28.7 Å². The van der Waals surface area contributed by atoms with Gasteiger partial charge >= 0.3 is 0 Å². The molecular formula is C19H27N5OS. The standard InChI is InChI=1S/C19H27N5OS/c1-14(19-21-16-4-2-3-5-17(16)22-19)26-13-18(25)24-9-6-15(12-24)23-10-7-20-8-11-23/h2-5,14-15,20H,6-13H2,1H3,(H,21,22). The van der Waals surface area contributed by atoms with Crippen molar-refractivity contribution in [3.05, 3.63) is 30.1 Å². The molecule has 0 aliphatic carbocycles. The average Bonchev–Trinajstić information content (AvgIpc) is 3.33. The van der Waals surface area contributed by atoms with Gasteiger partial charge < -0.3 is 15.2 Å². The minimum absolute atomic E-state index is 0.179. The number of thioether (sulfide) groups is 1. The molecule has 2 saturated heterocycles. The summed E-state index contributed by atoms with van der Waals surface area (Å²) < 4.78 is 0. The molecule has 2 fully saturated rings. The first kappa shape index (κ1) is 17.8. The molecule has 2 atom stereocenters. The van der Waals surface area contributed by atoms with Crippen LogP contribution in [-0.4, -0.2) is 76.7 Å². The number of carbonyl (C=O) groups excluding carboxylic acids is 1. The van der Waals surface area contributed by atoms with Gasteiger partial charge in [0.15, 0.2) is 0 Å². The number of carbonyl (C=O) groups is 1. The highest BCUT2D eigenvalue weighted by Gasteiger charge is 2.31. The summed E-state index contributed by atoms with van der Waals surface area (Å²) in [5.41, 5.74) is 2.04. The molecule has 2 aromatic rings. The van der Waals surface area contributed by atoms with Crippen LogP contribution < -0.4 is 5.32 Å². The van der Waals surface area contributed by atoms with Gasteiger partial charge in [-0.25, -0.2) is 4.98 Å². The Morgan fingerprint density at radius 3 is 2.92 bits per heavy atom. The Morgan fingerprint density at radius 1 is 1.31 bits per heavy atom. The third kappa shape index (κ3) is 3.89. The number of likely N-dealkylation sites (tertiary alicyclic amines) is 1. The van der Waals surface area contributed by atoms with Crippen molar-refractivity contribution in [1.29, 1.82) is 0 Å². The largest absolute Gasteiger partial charge is 0.341 e. The van der Waals surface area contributed by atoms with E-state index in [1.165, 1.54) is 0 Å². The first-order valence-electron chi connectivity index (χ1n) is 9.49. The lowest BCUT2D eigenvalue weighted by Gasteiger charge is -2.32. The normalized spacial score (nSPS) is 22.8. The number of aromatic amines is 1. The summed E-state index contributed by atoms with van der Waals surface area (Å²) in [5.74, 6) is 1.73. The van der Waals surface area contributed by atoms with Crippen molar-refractivity contribution in [2.45, 2.75) is 24.6 Å². The van der Waals surface area contributed by atoms with E-state index in [0.717, 1.165) is 62.5 Å². The minimum atomic E-state index is 0.179. The molecule has 2 aliphatic rings. The number of H-pyrrole nitrogens is 1. The summed E-state index contributed by atoms with van der Waals surface area (Å²) in [6, 6.07) is 8.59. The van der Waals surface area contributed by atoms with Crippen LogP contribution in [0.2, 0.25) is 0 Å². The van der Waals surface area contributed by atoms with Crippen molar-refractivity contribution in [3.8, 4) is 0 Å². The van der Waals surface area contributed by atoms with Crippen LogP contribution in [0.5, 0.6) is 0 Å². The highest BCUT2D eigenvalue weighted by Crippen LogP contribution is 2.28. The number of aromatic nitrogens is 2. The zero-order chi connectivity index (χ0) is 17.9. The molecule has 3 heterocycles. The average molecular weight is 374 g/mol. The number of hydrogen-bond acceptors (Lipinski definition) is 5. The van der Waals surface area contributed by atoms with Crippen LogP contribution in [0.25, 0.3) is 11.0 Å². The molecule has 4 rings (SSSR count). The summed E-state index contributed by atoms with van der Waals surface area (Å²) in [4.78, 5) is 25.2. The van der Waals surface area contributed by atoms with E-state index in [9.17, 15) is 4.79 Å². The maximum atomic E-state index is 12.6. The summed E-state index contributed by atoms with van der Waals surface area (Å²) in [5, 5.41) is 3.57. The van der Waals surface area contributed by atoms with E-state index >= 15 is 0 Å². The van der Waals surface area contributed by atoms with Crippen molar-refractivity contribution in [3.63, 3.8) is 0 Å². The number of imidazole rings is 1. The maximum absolute atomic E-state index is 12.6. The van der Waals surface area contributed by atoms with Crippen molar-refractivity contribution in [2.75, 3.05) is 45.0 Å². The van der Waals surface area contributed by atoms with Gasteiger partial charge in [-0.15, -0.1) is 11.8 Å². The molecule has 0 bridgehead atoms. The fourth-order valence-corrected chi connectivity index (χ4v) is 4.69. The summed E-state index contributed by atoms with van der Waals surface area (Å²) in [6.45, 7) is 8.23. The number of nitrogens with zero attached hydrogens (tertiary/aromatic N) is 3. The van der Waals surface area contributed by atoms with Crippen LogP contribution in [0.4, 0.5) is 0 Å². The summed E-state index contributed by atoms with van der Waals surface area (Å²) in [6.07, 6.45) is 1.11. The molecule has 2 unspecified atom stereocenters. The maximum Gasteiger partial charge on any atom is 0.232 e. The van der Waals surface area contributed by atoms with Gasteiger partial charge in [-0.05, 0) is 25.5 Å². The molecular weight excluding hydrogens is 346 g/mol. The van der Waals surface area contributed by atoms with Gasteiger partial charge in [0.25, 0.3) is 0 Å². The van der Waals surface area contributed by atoms with E-state index in [1.807, 2.05) is 29.2 Å². The number of para-hydroxylation sites is 2. The number of piperazine rings is 1. The topological polar surface area (TPSA) is 64.3 Å². The number of fused-ring (bicyclic) bond motifs is 1. The van der Waals surface area contributed by atoms with Crippen LogP contribution in [0, 0.1) is 0 Å². The van der Waals surface area contributed by atoms with Gasteiger partial charge in [-0.2, -0.15) is 0 Å². The Labute approximate surface area is 158 Å². The quantitative estimate of drug-likeness (QED) is 0.838. The Hall–Kier alpha value is -1.57. The third-order valence-electron chi connectivity index (χ3n) is 5.43. The molecule has 1 aromatic carbocycles. The first-order chi connectivity index (χ1) is 12.7. The zero-order valence-electron chi connectivity index (χ0n) is 15.3. The lowest BCUT2D eigenvalue weighted by molar-refractivity contribution is -0.127. The second-order valence-corrected chi connectivity index (χ2v) is 8.49. The Balaban J connectivity index is 1.28. The van der Waals surface area contributed by atoms with Gasteiger partial charge in [-0.1, -0.05) is 12.1 Å². The Morgan fingerprint density at radius 2 is 2.12 bits per heavy atom. The molecule has 0 saturated carbocycles. The monoisotopic (exact) mass is 373 g/mol. The van der Waals surface area contributed by atoms with Crippen molar-refractivity contribution in [1.82, 2.24) is 25.1 Å². The second-order valence-electron chi connectivity index (χ2n) is 7.16. The van der Waals surface area contributed by atoms with Gasteiger partial charge in [-0.3, -0.25) is 9.69 Å². The predicted octanol–water partition coefficient (Wildman–Crippen LogP) is 1.86. The fourth-order valence-electron chi connectivity index (χ4n) is 3.85. The number of rotatable bonds is 5. The Bertz CT molecular complexity index is 724. The van der Waals surface area contributed by atoms with Gasteiger partial charge in [0.2, 0.25) is 5.91 Å². The van der Waals surface area contributed by atoms with Crippen molar-refractivity contribution < 1.29 is 4.79 Å². The number of amides is 1. The lowest BCUT2D eigenvalue weighted by atomic mass is 10.2. The van der Waals surface area contributed by atoms with E-state index in [2.05, 4.69) is 27.1 Å². The van der Waals surface area contributed by atoms with E-state index in [4.69, 9.17) is 0 Å². The molecule has 2 N–H and O–H groups in total. The van der Waals surface area contributed by atoms with Crippen LogP contribution in [0.15, 0.2) is 24.3 Å². The Kier molecular flexibility index (Phi) is 5.47. The van der Waals surface area contributed by atoms with Gasteiger partial charge in [0.05, 0.1) is 22.0 Å². The molecule has 0 spiro atoms. The minimum Gasteiger partial charge on any atom is -0.341 e. The van der Waals surface area contributed by atoms with Crippen LogP contribution in [0.3, 0.4) is 0 Å². The van der Waals surface area contributed by atoms with E-state index in [-0.39, 0.29) is 11.2 Å². The molecule has 26 heavy (non-hydrogen) atoms. The van der Waals surface area contributed by atoms with Crippen LogP contribution in [-0.2, 0) is 4.79 Å². The molecule has 1 amide bonds. The van der Waals surface area contributed by atoms with Crippen molar-refractivity contribution in [2.24, 2.45) is 0 Å². The summed E-state index contributed by atoms with van der Waals surface area (Å²) in [7, 11) is 0. The summed E-state index contributed by atoms with van der Waals surface area (Å²) >= 11 is 1.67. The molecule has 7 heteroatoms. The van der Waals surface area contributed by atoms with Gasteiger partial charge in [0, 0.05) is 45.3 Å². The first-order valence-corrected chi connectivity index (χ1v) is 10.5. The molecule has 2 aliphatic heterocycles. The predicted molar refractivity (Wildman–Crippen MR) is 106 cm³/mol. The van der Waals surface area contributed by atoms with E-state index < -0.39 is 0 Å². The number of hydrogen-bond donors (Lipinski definition) is 2. The lowest BCUT2D eigenvalue weighted by Crippen LogP contribution is -2.49. The van der Waals surface area contributed by atoms with Crippen LogP contribution in [0.1, 0.15) is 24.4 Å². The van der Waals surface area contributed by atoms with E-state index in [0.29, 0.717) is 11.8 Å². The molecule has 0 radical (unpaired) electrons. The van der Waals surface area contributed by atoms with Gasteiger partial charge in [0.1, 0.15) is 5.82 Å². The highest BCUT2D eigenvalue weighted by atomic mass is 32.2. The number of benzene rings is 1. The molecule has 140 valence electrons. The highest BCUT2D eigenvalue weighted by molar-refractivity contribution is 8.00. The smallest absolute Gasteiger partial charge is 0.232 e. The SMILES string of the molecule is CC(SCC(=O)N1CCC(N2CCNCC2)C1)c1nc2ccccc2[nH]1. The fraction of sp³-hybridized carbons (Fsp3) is 0.579. The second kappa shape index (κ2) is 7.98. The van der Waals surface area contributed by atoms with Crippen LogP contribution >= 0.6 is 11.8 Å².